The number of nitrogens with two attached hydrogens (primary N) is 1. The van der Waals surface area contributed by atoms with Crippen molar-refractivity contribution in [3.8, 4) is 0 Å². The molecule has 1 fully saturated rings. The number of carboxylic acid groups (broad SMARTS) is 1. The van der Waals surface area contributed by atoms with Gasteiger partial charge in [0.15, 0.2) is 0 Å². The molecule has 1 aromatic heterocycles. The Bertz CT molecular complexity index is 1400. The molecule has 12 heteroatoms. The van der Waals surface area contributed by atoms with E-state index in [9.17, 15) is 23.1 Å². The molecule has 1 amide bonds. The largest absolute Gasteiger partial charge is 0.480 e. The molecule has 1 atom stereocenters. The summed E-state index contributed by atoms with van der Waals surface area (Å²) in [6.07, 6.45) is 0. The molecule has 4 rings (SSSR count). The van der Waals surface area contributed by atoms with Gasteiger partial charge in [0.25, 0.3) is 10.0 Å². The van der Waals surface area contributed by atoms with Gasteiger partial charge in [0.05, 0.1) is 6.54 Å². The average molecular weight is 504 g/mol. The molecule has 178 valence electrons. The first kappa shape index (κ1) is 23.7. The zero-order chi connectivity index (χ0) is 24.6. The van der Waals surface area contributed by atoms with Crippen LogP contribution >= 0.6 is 11.6 Å². The highest BCUT2D eigenvalue weighted by Crippen LogP contribution is 2.26. The van der Waals surface area contributed by atoms with Crippen molar-refractivity contribution < 1.29 is 23.1 Å². The quantitative estimate of drug-likeness (QED) is 0.344. The van der Waals surface area contributed by atoms with Crippen molar-refractivity contribution in [3.63, 3.8) is 0 Å². The van der Waals surface area contributed by atoms with Crippen LogP contribution in [0.1, 0.15) is 11.1 Å². The summed E-state index contributed by atoms with van der Waals surface area (Å²) in [6, 6.07) is 11.8. The highest BCUT2D eigenvalue weighted by Gasteiger charge is 2.42. The number of hydrogen-bond acceptors (Lipinski definition) is 5. The van der Waals surface area contributed by atoms with Gasteiger partial charge >= 0.3 is 5.97 Å². The molecule has 2 aromatic carbocycles. The molecular weight excluding hydrogens is 482 g/mol. The summed E-state index contributed by atoms with van der Waals surface area (Å²) >= 11 is 5.98. The molecule has 34 heavy (non-hydrogen) atoms. The van der Waals surface area contributed by atoms with E-state index in [2.05, 4.69) is 9.98 Å². The van der Waals surface area contributed by atoms with E-state index in [1.165, 1.54) is 11.0 Å². The SMILES string of the molecule is CN=C(N)c1ccc(CN2C(=O)CN(S(=O)(=O)c3cc4cc(Cl)ccc4[nH]3)C[C@@H]2C(=O)O)cc1. The van der Waals surface area contributed by atoms with Crippen LogP contribution in [0.2, 0.25) is 5.02 Å². The fourth-order valence-corrected chi connectivity index (χ4v) is 5.42. The molecule has 0 spiro atoms. The first-order valence-corrected chi connectivity index (χ1v) is 12.0. The maximum atomic E-state index is 13.2. The predicted molar refractivity (Wildman–Crippen MR) is 127 cm³/mol. The lowest BCUT2D eigenvalue weighted by Gasteiger charge is -2.38. The van der Waals surface area contributed by atoms with Crippen LogP contribution in [0.15, 0.2) is 58.5 Å². The van der Waals surface area contributed by atoms with Crippen LogP contribution in [-0.4, -0.2) is 71.6 Å². The van der Waals surface area contributed by atoms with E-state index in [1.54, 1.807) is 49.5 Å². The number of benzene rings is 2. The number of fused-ring (bicyclic) bond motifs is 1. The number of H-pyrrole nitrogens is 1. The Morgan fingerprint density at radius 3 is 2.59 bits per heavy atom. The van der Waals surface area contributed by atoms with Gasteiger partial charge in [-0.2, -0.15) is 4.31 Å². The molecule has 3 aromatic rings. The van der Waals surface area contributed by atoms with Crippen LogP contribution in [-0.2, 0) is 26.2 Å². The van der Waals surface area contributed by atoms with E-state index in [-0.39, 0.29) is 18.1 Å². The number of aliphatic carboxylic acids is 1. The maximum absolute atomic E-state index is 13.2. The molecule has 0 unspecified atom stereocenters. The normalized spacial score (nSPS) is 17.9. The minimum Gasteiger partial charge on any atom is -0.480 e. The second kappa shape index (κ2) is 9.09. The van der Waals surface area contributed by atoms with Crippen LogP contribution in [0.5, 0.6) is 0 Å². The van der Waals surface area contributed by atoms with Crippen LogP contribution in [0.3, 0.4) is 0 Å². The van der Waals surface area contributed by atoms with E-state index < -0.39 is 34.5 Å². The predicted octanol–water partition coefficient (Wildman–Crippen LogP) is 1.64. The summed E-state index contributed by atoms with van der Waals surface area (Å²) in [5, 5.41) is 10.7. The first-order chi connectivity index (χ1) is 16.1. The Morgan fingerprint density at radius 1 is 1.24 bits per heavy atom. The topological polar surface area (TPSA) is 149 Å². The summed E-state index contributed by atoms with van der Waals surface area (Å²) in [7, 11) is -2.59. The lowest BCUT2D eigenvalue weighted by atomic mass is 10.1. The van der Waals surface area contributed by atoms with Crippen molar-refractivity contribution in [2.45, 2.75) is 17.6 Å². The number of aliphatic imine (C=N–C) groups is 1. The van der Waals surface area contributed by atoms with Gasteiger partial charge in [0.2, 0.25) is 5.91 Å². The number of carboxylic acids is 1. The molecule has 0 radical (unpaired) electrons. The third kappa shape index (κ3) is 4.49. The molecule has 0 aliphatic carbocycles. The zero-order valence-corrected chi connectivity index (χ0v) is 19.7. The third-order valence-electron chi connectivity index (χ3n) is 5.69. The fraction of sp³-hybridized carbons (Fsp3) is 0.227. The summed E-state index contributed by atoms with van der Waals surface area (Å²) in [4.78, 5) is 32.8. The van der Waals surface area contributed by atoms with E-state index in [0.717, 1.165) is 4.31 Å². The van der Waals surface area contributed by atoms with E-state index in [0.29, 0.717) is 32.9 Å². The molecule has 2 heterocycles. The number of amides is 1. The number of sulfonamides is 1. The number of halogens is 1. The standard InChI is InChI=1S/C22H22ClN5O5S/c1-25-21(24)14-4-2-13(3-5-14)10-28-18(22(30)31)11-27(12-20(28)29)34(32,33)19-9-15-8-16(23)6-7-17(15)26-19/h2-9,18,26H,10-12H2,1H3,(H2,24,25)(H,30,31)/t18-/m1/s1. The van der Waals surface area contributed by atoms with Crippen molar-refractivity contribution in [2.24, 2.45) is 10.7 Å². The molecule has 4 N–H and O–H groups in total. The van der Waals surface area contributed by atoms with Gasteiger partial charge in [0.1, 0.15) is 16.9 Å². The monoisotopic (exact) mass is 503 g/mol. The van der Waals surface area contributed by atoms with Gasteiger partial charge in [-0.25, -0.2) is 13.2 Å². The number of aromatic amines is 1. The number of amidine groups is 1. The van der Waals surface area contributed by atoms with E-state index >= 15 is 0 Å². The van der Waals surface area contributed by atoms with Crippen molar-refractivity contribution in [2.75, 3.05) is 20.1 Å². The second-order valence-electron chi connectivity index (χ2n) is 7.84. The molecular formula is C22H22ClN5O5S. The Morgan fingerprint density at radius 2 is 1.94 bits per heavy atom. The van der Waals surface area contributed by atoms with Crippen molar-refractivity contribution in [1.29, 1.82) is 0 Å². The number of aromatic nitrogens is 1. The van der Waals surface area contributed by atoms with Crippen molar-refractivity contribution >= 4 is 50.2 Å². The summed E-state index contributed by atoms with van der Waals surface area (Å²) in [5.41, 5.74) is 7.71. The van der Waals surface area contributed by atoms with Crippen LogP contribution < -0.4 is 5.73 Å². The number of carbonyl (C=O) groups excluding carboxylic acids is 1. The second-order valence-corrected chi connectivity index (χ2v) is 10.2. The van der Waals surface area contributed by atoms with E-state index in [1.807, 2.05) is 0 Å². The summed E-state index contributed by atoms with van der Waals surface area (Å²) in [6.45, 7) is -0.846. The van der Waals surface area contributed by atoms with Gasteiger partial charge in [-0.05, 0) is 29.8 Å². The number of nitrogens with zero attached hydrogens (tertiary/aromatic N) is 3. The van der Waals surface area contributed by atoms with Crippen LogP contribution in [0.4, 0.5) is 0 Å². The van der Waals surface area contributed by atoms with Crippen LogP contribution in [0, 0.1) is 0 Å². The highest BCUT2D eigenvalue weighted by molar-refractivity contribution is 7.89. The Hall–Kier alpha value is -3.41. The minimum atomic E-state index is -4.15. The minimum absolute atomic E-state index is 0.0119. The molecule has 1 saturated heterocycles. The van der Waals surface area contributed by atoms with Crippen LogP contribution in [0.25, 0.3) is 10.9 Å². The highest BCUT2D eigenvalue weighted by atomic mass is 35.5. The zero-order valence-electron chi connectivity index (χ0n) is 18.1. The third-order valence-corrected chi connectivity index (χ3v) is 7.66. The first-order valence-electron chi connectivity index (χ1n) is 10.2. The molecule has 10 nitrogen and oxygen atoms in total. The molecule has 1 aliphatic rings. The lowest BCUT2D eigenvalue weighted by Crippen LogP contribution is -2.60. The van der Waals surface area contributed by atoms with Gasteiger partial charge < -0.3 is 20.7 Å². The smallest absolute Gasteiger partial charge is 0.327 e. The summed E-state index contributed by atoms with van der Waals surface area (Å²) in [5.74, 6) is -1.56. The maximum Gasteiger partial charge on any atom is 0.327 e. The number of nitrogens with one attached hydrogen (secondary N) is 1. The number of carbonyl (C=O) groups is 2. The molecule has 1 aliphatic heterocycles. The Balaban J connectivity index is 1.58. The van der Waals surface area contributed by atoms with E-state index in [4.69, 9.17) is 17.3 Å². The van der Waals surface area contributed by atoms with Gasteiger partial charge in [-0.3, -0.25) is 9.79 Å². The van der Waals surface area contributed by atoms with Gasteiger partial charge in [-0.1, -0.05) is 35.9 Å². The lowest BCUT2D eigenvalue weighted by molar-refractivity contribution is -0.154. The number of piperazine rings is 1. The average Bonchev–Trinajstić information content (AvgIpc) is 3.24. The fourth-order valence-electron chi connectivity index (χ4n) is 3.83. The number of rotatable bonds is 6. The number of hydrogen-bond donors (Lipinski definition) is 3. The summed E-state index contributed by atoms with van der Waals surface area (Å²) < 4.78 is 27.3. The van der Waals surface area contributed by atoms with Gasteiger partial charge in [-0.15, -0.1) is 0 Å². The Labute approximate surface area is 200 Å². The Kier molecular flexibility index (Phi) is 6.34. The molecule has 0 bridgehead atoms. The molecule has 0 saturated carbocycles. The van der Waals surface area contributed by atoms with Crippen molar-refractivity contribution in [3.05, 3.63) is 64.7 Å². The van der Waals surface area contributed by atoms with Gasteiger partial charge in [0, 0.05) is 41.6 Å². The van der Waals surface area contributed by atoms with Crippen molar-refractivity contribution in [1.82, 2.24) is 14.2 Å².